The Hall–Kier alpha value is -1.66. The summed E-state index contributed by atoms with van der Waals surface area (Å²) < 4.78 is 23.8. The van der Waals surface area contributed by atoms with Gasteiger partial charge in [0, 0.05) is 31.5 Å². The maximum absolute atomic E-state index is 13.6. The average Bonchev–Trinajstić information content (AvgIpc) is 2.39. The number of amidine groups is 1. The van der Waals surface area contributed by atoms with Crippen molar-refractivity contribution >= 4 is 5.84 Å². The molecule has 0 bridgehead atoms. The third-order valence-electron chi connectivity index (χ3n) is 2.35. The van der Waals surface area contributed by atoms with Crippen LogP contribution in [0.5, 0.6) is 0 Å². The summed E-state index contributed by atoms with van der Waals surface area (Å²) in [7, 11) is 1.62. The molecule has 0 aliphatic rings. The molecule has 18 heavy (non-hydrogen) atoms. The van der Waals surface area contributed by atoms with Crippen molar-refractivity contribution < 1.29 is 19.1 Å². The van der Waals surface area contributed by atoms with Crippen LogP contribution in [-0.2, 0) is 16.1 Å². The van der Waals surface area contributed by atoms with Gasteiger partial charge in [0.05, 0.1) is 6.61 Å². The molecule has 0 fully saturated rings. The van der Waals surface area contributed by atoms with Crippen LogP contribution in [0, 0.1) is 5.82 Å². The molecule has 6 heteroatoms. The summed E-state index contributed by atoms with van der Waals surface area (Å²) >= 11 is 0. The first kappa shape index (κ1) is 14.4. The minimum atomic E-state index is -0.439. The molecule has 0 aromatic heterocycles. The average molecular weight is 256 g/mol. The number of ether oxygens (including phenoxy) is 2. The Morgan fingerprint density at radius 3 is 2.83 bits per heavy atom. The van der Waals surface area contributed by atoms with Gasteiger partial charge >= 0.3 is 0 Å². The SMILES string of the molecule is COCCCOCc1ccc(/C(N)=N/O)cc1F. The Kier molecular flexibility index (Phi) is 6.10. The summed E-state index contributed by atoms with van der Waals surface area (Å²) in [5.74, 6) is -0.563. The van der Waals surface area contributed by atoms with Gasteiger partial charge in [0.1, 0.15) is 5.82 Å². The summed E-state index contributed by atoms with van der Waals surface area (Å²) in [6.07, 6.45) is 0.764. The van der Waals surface area contributed by atoms with Crippen molar-refractivity contribution in [2.45, 2.75) is 13.0 Å². The molecule has 0 unspecified atom stereocenters. The fourth-order valence-electron chi connectivity index (χ4n) is 1.37. The number of rotatable bonds is 7. The fraction of sp³-hybridized carbons (Fsp3) is 0.417. The second-order valence-electron chi connectivity index (χ2n) is 3.69. The first-order chi connectivity index (χ1) is 8.69. The third kappa shape index (κ3) is 4.31. The number of methoxy groups -OCH3 is 1. The van der Waals surface area contributed by atoms with E-state index in [-0.39, 0.29) is 12.4 Å². The number of nitrogens with zero attached hydrogens (tertiary/aromatic N) is 1. The molecule has 3 N–H and O–H groups in total. The predicted molar refractivity (Wildman–Crippen MR) is 65.1 cm³/mol. The topological polar surface area (TPSA) is 77.1 Å². The van der Waals surface area contributed by atoms with Crippen LogP contribution < -0.4 is 5.73 Å². The number of hydrogen-bond donors (Lipinski definition) is 2. The van der Waals surface area contributed by atoms with E-state index in [2.05, 4.69) is 5.16 Å². The van der Waals surface area contributed by atoms with E-state index in [1.807, 2.05) is 0 Å². The van der Waals surface area contributed by atoms with Crippen molar-refractivity contribution in [3.05, 3.63) is 35.1 Å². The maximum atomic E-state index is 13.6. The molecule has 0 amide bonds. The standard InChI is InChI=1S/C12H17FN2O3/c1-17-5-2-6-18-8-10-4-3-9(7-11(10)13)12(14)15-16/h3-4,7,16H,2,5-6,8H2,1H3,(H2,14,15). The van der Waals surface area contributed by atoms with Gasteiger partial charge in [-0.1, -0.05) is 17.3 Å². The summed E-state index contributed by atoms with van der Waals surface area (Å²) in [4.78, 5) is 0. The van der Waals surface area contributed by atoms with E-state index < -0.39 is 5.82 Å². The van der Waals surface area contributed by atoms with Crippen LogP contribution in [0.1, 0.15) is 17.5 Å². The molecule has 0 spiro atoms. The van der Waals surface area contributed by atoms with Crippen molar-refractivity contribution in [1.29, 1.82) is 0 Å². The zero-order valence-corrected chi connectivity index (χ0v) is 10.2. The third-order valence-corrected chi connectivity index (χ3v) is 2.35. The molecule has 5 nitrogen and oxygen atoms in total. The van der Waals surface area contributed by atoms with Crippen LogP contribution in [-0.4, -0.2) is 31.4 Å². The Morgan fingerprint density at radius 1 is 1.44 bits per heavy atom. The lowest BCUT2D eigenvalue weighted by molar-refractivity contribution is 0.0913. The highest BCUT2D eigenvalue weighted by Gasteiger charge is 2.06. The van der Waals surface area contributed by atoms with Crippen molar-refractivity contribution in [2.24, 2.45) is 10.9 Å². The second kappa shape index (κ2) is 7.62. The molecule has 1 aromatic carbocycles. The molecular weight excluding hydrogens is 239 g/mol. The number of halogens is 1. The highest BCUT2D eigenvalue weighted by atomic mass is 19.1. The van der Waals surface area contributed by atoms with Gasteiger partial charge in [0.2, 0.25) is 0 Å². The van der Waals surface area contributed by atoms with Crippen molar-refractivity contribution in [3.63, 3.8) is 0 Å². The Balaban J connectivity index is 2.52. The van der Waals surface area contributed by atoms with Gasteiger partial charge < -0.3 is 20.4 Å². The summed E-state index contributed by atoms with van der Waals surface area (Å²) in [5.41, 5.74) is 6.12. The van der Waals surface area contributed by atoms with Crippen LogP contribution >= 0.6 is 0 Å². The van der Waals surface area contributed by atoms with Gasteiger partial charge in [-0.25, -0.2) is 4.39 Å². The quantitative estimate of drug-likeness (QED) is 0.255. The number of nitrogens with two attached hydrogens (primary N) is 1. The van der Waals surface area contributed by atoms with Crippen molar-refractivity contribution in [1.82, 2.24) is 0 Å². The first-order valence-electron chi connectivity index (χ1n) is 5.52. The summed E-state index contributed by atoms with van der Waals surface area (Å²) in [6.45, 7) is 1.31. The van der Waals surface area contributed by atoms with Gasteiger partial charge in [0.15, 0.2) is 5.84 Å². The molecule has 1 rings (SSSR count). The monoisotopic (exact) mass is 256 g/mol. The van der Waals surface area contributed by atoms with Crippen LogP contribution in [0.4, 0.5) is 4.39 Å². The molecule has 0 aliphatic heterocycles. The second-order valence-corrected chi connectivity index (χ2v) is 3.69. The number of benzene rings is 1. The highest BCUT2D eigenvalue weighted by molar-refractivity contribution is 5.97. The molecule has 0 saturated heterocycles. The Labute approximate surface area is 105 Å². The number of hydrogen-bond acceptors (Lipinski definition) is 4. The zero-order valence-electron chi connectivity index (χ0n) is 10.2. The predicted octanol–water partition coefficient (Wildman–Crippen LogP) is 1.47. The maximum Gasteiger partial charge on any atom is 0.170 e. The van der Waals surface area contributed by atoms with Crippen LogP contribution in [0.15, 0.2) is 23.4 Å². The number of oxime groups is 1. The highest BCUT2D eigenvalue weighted by Crippen LogP contribution is 2.11. The minimum absolute atomic E-state index is 0.124. The molecular formula is C12H17FN2O3. The van der Waals surface area contributed by atoms with Crippen molar-refractivity contribution in [2.75, 3.05) is 20.3 Å². The lowest BCUT2D eigenvalue weighted by Gasteiger charge is -2.06. The van der Waals surface area contributed by atoms with Crippen LogP contribution in [0.3, 0.4) is 0 Å². The van der Waals surface area contributed by atoms with Gasteiger partial charge in [-0.3, -0.25) is 0 Å². The van der Waals surface area contributed by atoms with Crippen LogP contribution in [0.25, 0.3) is 0 Å². The molecule has 0 saturated carbocycles. The molecule has 1 aromatic rings. The van der Waals surface area contributed by atoms with Crippen molar-refractivity contribution in [3.8, 4) is 0 Å². The van der Waals surface area contributed by atoms with E-state index in [0.717, 1.165) is 6.42 Å². The molecule has 100 valence electrons. The molecule has 0 atom stereocenters. The van der Waals surface area contributed by atoms with E-state index in [4.69, 9.17) is 20.4 Å². The van der Waals surface area contributed by atoms with Gasteiger partial charge in [-0.15, -0.1) is 0 Å². The molecule has 0 heterocycles. The minimum Gasteiger partial charge on any atom is -0.409 e. The zero-order chi connectivity index (χ0) is 13.4. The summed E-state index contributed by atoms with van der Waals surface area (Å²) in [5, 5.41) is 11.3. The van der Waals surface area contributed by atoms with Gasteiger partial charge in [-0.05, 0) is 12.5 Å². The Morgan fingerprint density at radius 2 is 2.22 bits per heavy atom. The molecule has 0 aliphatic carbocycles. The van der Waals surface area contributed by atoms with Gasteiger partial charge in [-0.2, -0.15) is 0 Å². The van der Waals surface area contributed by atoms with Gasteiger partial charge in [0.25, 0.3) is 0 Å². The smallest absolute Gasteiger partial charge is 0.170 e. The lowest BCUT2D eigenvalue weighted by atomic mass is 10.1. The van der Waals surface area contributed by atoms with Crippen LogP contribution in [0.2, 0.25) is 0 Å². The fourth-order valence-corrected chi connectivity index (χ4v) is 1.37. The van der Waals surface area contributed by atoms with E-state index in [0.29, 0.717) is 24.3 Å². The van der Waals surface area contributed by atoms with E-state index in [1.165, 1.54) is 6.07 Å². The largest absolute Gasteiger partial charge is 0.409 e. The molecule has 0 radical (unpaired) electrons. The normalized spacial score (nSPS) is 11.8. The van der Waals surface area contributed by atoms with E-state index in [9.17, 15) is 4.39 Å². The lowest BCUT2D eigenvalue weighted by Crippen LogP contribution is -2.13. The first-order valence-corrected chi connectivity index (χ1v) is 5.52. The van der Waals surface area contributed by atoms with E-state index >= 15 is 0 Å². The van der Waals surface area contributed by atoms with E-state index in [1.54, 1.807) is 19.2 Å². The summed E-state index contributed by atoms with van der Waals surface area (Å²) in [6, 6.07) is 4.34. The Bertz CT molecular complexity index is 410.